The van der Waals surface area contributed by atoms with Gasteiger partial charge in [-0.05, 0) is 54.4 Å². The fourth-order valence-corrected chi connectivity index (χ4v) is 1.00. The van der Waals surface area contributed by atoms with Crippen LogP contribution in [-0.4, -0.2) is 49.0 Å². The summed E-state index contributed by atoms with van der Waals surface area (Å²) in [7, 11) is 0. The minimum atomic E-state index is 0. The van der Waals surface area contributed by atoms with E-state index in [9.17, 15) is 0 Å². The van der Waals surface area contributed by atoms with Gasteiger partial charge in [0.15, 0.2) is 0 Å². The average Bonchev–Trinajstić information content (AvgIpc) is 2.47. The molecule has 0 aromatic carbocycles. The first-order valence-electron chi connectivity index (χ1n) is 8.43. The first-order chi connectivity index (χ1) is 10.3. The van der Waals surface area contributed by atoms with Crippen molar-refractivity contribution in [1.82, 2.24) is 0 Å². The Balaban J connectivity index is -0.000000338. The van der Waals surface area contributed by atoms with Gasteiger partial charge in [0.25, 0.3) is 0 Å². The Morgan fingerprint density at radius 3 is 1.04 bits per heavy atom. The van der Waals surface area contributed by atoms with E-state index >= 15 is 0 Å². The van der Waals surface area contributed by atoms with Crippen molar-refractivity contribution in [1.29, 1.82) is 0 Å². The minimum Gasteiger partial charge on any atom is -0.289 e. The predicted molar refractivity (Wildman–Crippen MR) is 104 cm³/mol. The molecule has 0 aromatic rings. The topological polar surface area (TPSA) is 49.4 Å². The Morgan fingerprint density at radius 1 is 0.565 bits per heavy atom. The molecule has 0 saturated heterocycles. The normalized spacial score (nSPS) is 14.7. The minimum absolute atomic E-state index is 0. The van der Waals surface area contributed by atoms with Gasteiger partial charge in [0.05, 0.1) is 0 Å². The molecule has 0 spiro atoms. The Kier molecular flexibility index (Phi) is 22.6. The van der Waals surface area contributed by atoms with Crippen molar-refractivity contribution in [3.63, 3.8) is 0 Å². The van der Waals surface area contributed by atoms with Crippen molar-refractivity contribution in [2.75, 3.05) is 0 Å². The van der Waals surface area contributed by atoms with Crippen LogP contribution < -0.4 is 0 Å². The van der Waals surface area contributed by atoms with Crippen LogP contribution in [0, 0.1) is 0 Å². The first kappa shape index (κ1) is 27.1. The molecule has 137 valence electrons. The molecule has 0 fully saturated rings. The molecule has 0 aliphatic rings. The molecule has 0 bridgehead atoms. The van der Waals surface area contributed by atoms with Crippen molar-refractivity contribution >= 4 is 24.9 Å². The van der Waals surface area contributed by atoms with Gasteiger partial charge in [0, 0.05) is 65.8 Å². The van der Waals surface area contributed by atoms with Gasteiger partial charge in [-0.2, -0.15) is 0 Å². The zero-order valence-electron chi connectivity index (χ0n) is 16.2. The summed E-state index contributed by atoms with van der Waals surface area (Å²) in [5.41, 5.74) is 0. The molecule has 0 aliphatic carbocycles. The number of hydrogen-bond donors (Lipinski definition) is 0. The van der Waals surface area contributed by atoms with E-state index in [1.807, 2.05) is 27.7 Å². The fraction of sp³-hybridized carbons (Fsp3) is 0.778. The van der Waals surface area contributed by atoms with Gasteiger partial charge in [0.1, 0.15) is 0 Å². The van der Waals surface area contributed by atoms with Crippen molar-refractivity contribution in [2.24, 2.45) is 20.0 Å². The molecule has 1 radical (unpaired) electrons. The third-order valence-corrected chi connectivity index (χ3v) is 2.76. The molecule has 23 heavy (non-hydrogen) atoms. The zero-order chi connectivity index (χ0) is 17.4. The quantitative estimate of drug-likeness (QED) is 0.560. The summed E-state index contributed by atoms with van der Waals surface area (Å²) < 4.78 is 0. The van der Waals surface area contributed by atoms with Crippen LogP contribution in [0.25, 0.3) is 0 Å². The van der Waals surface area contributed by atoms with Gasteiger partial charge in [-0.25, -0.2) is 0 Å². The second-order valence-corrected chi connectivity index (χ2v) is 5.89. The maximum Gasteiger partial charge on any atom is 0.0469 e. The molecule has 0 rings (SSSR count). The van der Waals surface area contributed by atoms with Crippen LogP contribution in [0.2, 0.25) is 0 Å². The molecule has 0 amide bonds. The fourth-order valence-electron chi connectivity index (χ4n) is 1.00. The third kappa shape index (κ3) is 26.4. The van der Waals surface area contributed by atoms with Crippen LogP contribution in [-0.2, 0) is 16.8 Å². The van der Waals surface area contributed by atoms with Gasteiger partial charge in [-0.15, -0.1) is 0 Å². The number of nitrogens with zero attached hydrogens (tertiary/aromatic N) is 4. The van der Waals surface area contributed by atoms with Crippen LogP contribution in [0.15, 0.2) is 20.0 Å². The summed E-state index contributed by atoms with van der Waals surface area (Å²) in [6, 6.07) is 1.60. The van der Waals surface area contributed by atoms with Crippen molar-refractivity contribution in [3.05, 3.63) is 0 Å². The SMILES string of the molecule is CC(C)N=CC=NC(C)C.CCC(C)N=CC=NC(C)CC.[Co]. The smallest absolute Gasteiger partial charge is 0.0469 e. The van der Waals surface area contributed by atoms with Crippen LogP contribution in [0.5, 0.6) is 0 Å². The van der Waals surface area contributed by atoms with E-state index in [0.29, 0.717) is 24.2 Å². The second kappa shape index (κ2) is 19.2. The van der Waals surface area contributed by atoms with E-state index < -0.39 is 0 Å². The molecule has 0 saturated carbocycles. The molecule has 2 atom stereocenters. The molecular formula is C18H36CoN4. The summed E-state index contributed by atoms with van der Waals surface area (Å²) in [6.45, 7) is 16.6. The average molecular weight is 367 g/mol. The molecule has 0 aliphatic heterocycles. The molecule has 0 N–H and O–H groups in total. The monoisotopic (exact) mass is 367 g/mol. The van der Waals surface area contributed by atoms with Gasteiger partial charge < -0.3 is 0 Å². The Hall–Kier alpha value is -0.814. The standard InChI is InChI=1S/C10H20N2.C8H16N2.Co/c1-5-9(3)11-7-8-12-10(4)6-2;1-7(2)9-5-6-10-8(3)4;/h7-10H,5-6H2,1-4H3;5-8H,1-4H3;. The van der Waals surface area contributed by atoms with Crippen molar-refractivity contribution in [2.45, 2.75) is 92.4 Å². The molecule has 2 unspecified atom stereocenters. The summed E-state index contributed by atoms with van der Waals surface area (Å²) in [5, 5.41) is 0. The molecule has 0 heterocycles. The summed E-state index contributed by atoms with van der Waals surface area (Å²) >= 11 is 0. The third-order valence-electron chi connectivity index (χ3n) is 2.76. The van der Waals surface area contributed by atoms with E-state index in [-0.39, 0.29) is 16.8 Å². The van der Waals surface area contributed by atoms with Crippen LogP contribution >= 0.6 is 0 Å². The Morgan fingerprint density at radius 2 is 0.826 bits per heavy atom. The molecular weight excluding hydrogens is 331 g/mol. The number of hydrogen-bond acceptors (Lipinski definition) is 4. The van der Waals surface area contributed by atoms with E-state index in [0.717, 1.165) is 12.8 Å². The largest absolute Gasteiger partial charge is 0.289 e. The van der Waals surface area contributed by atoms with Crippen molar-refractivity contribution in [3.8, 4) is 0 Å². The van der Waals surface area contributed by atoms with Crippen LogP contribution in [0.3, 0.4) is 0 Å². The predicted octanol–water partition coefficient (Wildman–Crippen LogP) is 4.67. The second-order valence-electron chi connectivity index (χ2n) is 5.89. The number of aliphatic imine (C=N–C) groups is 4. The molecule has 5 heteroatoms. The van der Waals surface area contributed by atoms with Crippen LogP contribution in [0.1, 0.15) is 68.2 Å². The Bertz CT molecular complexity index is 313. The van der Waals surface area contributed by atoms with E-state index in [1.54, 1.807) is 24.9 Å². The number of rotatable bonds is 8. The van der Waals surface area contributed by atoms with Gasteiger partial charge in [0.2, 0.25) is 0 Å². The molecule has 4 nitrogen and oxygen atoms in total. The maximum absolute atomic E-state index is 4.27. The summed E-state index contributed by atoms with van der Waals surface area (Å²) in [6.07, 6.45) is 9.30. The van der Waals surface area contributed by atoms with E-state index in [2.05, 4.69) is 47.7 Å². The van der Waals surface area contributed by atoms with Crippen LogP contribution in [0.4, 0.5) is 0 Å². The Labute approximate surface area is 154 Å². The summed E-state index contributed by atoms with van der Waals surface area (Å²) in [4.78, 5) is 16.8. The first-order valence-corrected chi connectivity index (χ1v) is 8.43. The van der Waals surface area contributed by atoms with E-state index in [4.69, 9.17) is 0 Å². The maximum atomic E-state index is 4.27. The summed E-state index contributed by atoms with van der Waals surface area (Å²) in [5.74, 6) is 0. The van der Waals surface area contributed by atoms with Crippen molar-refractivity contribution < 1.29 is 16.8 Å². The zero-order valence-corrected chi connectivity index (χ0v) is 17.2. The molecule has 0 aromatic heterocycles. The van der Waals surface area contributed by atoms with Gasteiger partial charge >= 0.3 is 0 Å². The van der Waals surface area contributed by atoms with Gasteiger partial charge in [-0.1, -0.05) is 13.8 Å². The van der Waals surface area contributed by atoms with Gasteiger partial charge in [-0.3, -0.25) is 20.0 Å². The van der Waals surface area contributed by atoms with E-state index in [1.165, 1.54) is 0 Å².